The molecular formula is C25H26O2. The standard InChI is InChI=1S/C25H26O2/c1-3-4-5-6-20-9-13-23(14-10-20)25(26)27-24-17-15-22(16-18-24)21-11-7-19(2)8-12-21/h7-18H,3-6H2,1-2H3. The van der Waals surface area contributed by atoms with Crippen LogP contribution in [0.5, 0.6) is 5.75 Å². The Morgan fingerprint density at radius 3 is 1.96 bits per heavy atom. The Morgan fingerprint density at radius 1 is 0.778 bits per heavy atom. The van der Waals surface area contributed by atoms with Gasteiger partial charge in [0, 0.05) is 0 Å². The van der Waals surface area contributed by atoms with Crippen LogP contribution in [0.1, 0.15) is 47.7 Å². The Hall–Kier alpha value is -2.87. The molecule has 0 atom stereocenters. The summed E-state index contributed by atoms with van der Waals surface area (Å²) in [5.74, 6) is 0.237. The monoisotopic (exact) mass is 358 g/mol. The van der Waals surface area contributed by atoms with Gasteiger partial charge >= 0.3 is 5.97 Å². The van der Waals surface area contributed by atoms with Crippen LogP contribution >= 0.6 is 0 Å². The number of hydrogen-bond donors (Lipinski definition) is 0. The van der Waals surface area contributed by atoms with Gasteiger partial charge in [-0.3, -0.25) is 0 Å². The van der Waals surface area contributed by atoms with Gasteiger partial charge in [-0.1, -0.05) is 73.9 Å². The molecule has 0 saturated heterocycles. The number of hydrogen-bond acceptors (Lipinski definition) is 2. The quantitative estimate of drug-likeness (QED) is 0.270. The summed E-state index contributed by atoms with van der Waals surface area (Å²) in [6.45, 7) is 4.27. The van der Waals surface area contributed by atoms with Gasteiger partial charge in [-0.15, -0.1) is 0 Å². The van der Waals surface area contributed by atoms with Crippen LogP contribution in [0.25, 0.3) is 11.1 Å². The number of esters is 1. The maximum Gasteiger partial charge on any atom is 0.343 e. The molecule has 0 aliphatic heterocycles. The van der Waals surface area contributed by atoms with E-state index in [0.29, 0.717) is 11.3 Å². The minimum atomic E-state index is -0.321. The lowest BCUT2D eigenvalue weighted by Gasteiger charge is -2.07. The second-order valence-corrected chi connectivity index (χ2v) is 6.93. The lowest BCUT2D eigenvalue weighted by molar-refractivity contribution is 0.0735. The first kappa shape index (κ1) is 18.9. The van der Waals surface area contributed by atoms with E-state index in [1.165, 1.54) is 30.4 Å². The average molecular weight is 358 g/mol. The smallest absolute Gasteiger partial charge is 0.343 e. The number of carbonyl (C=O) groups is 1. The number of unbranched alkanes of at least 4 members (excludes halogenated alkanes) is 2. The molecule has 138 valence electrons. The van der Waals surface area contributed by atoms with Crippen molar-refractivity contribution >= 4 is 5.97 Å². The molecule has 3 aromatic carbocycles. The van der Waals surface area contributed by atoms with Crippen molar-refractivity contribution in [2.75, 3.05) is 0 Å². The van der Waals surface area contributed by atoms with Crippen molar-refractivity contribution in [2.24, 2.45) is 0 Å². The molecule has 0 fully saturated rings. The Balaban J connectivity index is 1.61. The molecule has 3 aromatic rings. The molecule has 2 nitrogen and oxygen atoms in total. The molecule has 0 N–H and O–H groups in total. The number of ether oxygens (including phenoxy) is 1. The zero-order chi connectivity index (χ0) is 19.1. The van der Waals surface area contributed by atoms with Gasteiger partial charge < -0.3 is 4.74 Å². The SMILES string of the molecule is CCCCCc1ccc(C(=O)Oc2ccc(-c3ccc(C)cc3)cc2)cc1. The Bertz CT molecular complexity index is 860. The van der Waals surface area contributed by atoms with E-state index in [9.17, 15) is 4.79 Å². The van der Waals surface area contributed by atoms with E-state index < -0.39 is 0 Å². The maximum atomic E-state index is 12.4. The normalized spacial score (nSPS) is 10.6. The van der Waals surface area contributed by atoms with Gasteiger partial charge in [-0.05, 0) is 60.7 Å². The molecular weight excluding hydrogens is 332 g/mol. The molecule has 0 radical (unpaired) electrons. The largest absolute Gasteiger partial charge is 0.423 e. The lowest BCUT2D eigenvalue weighted by Crippen LogP contribution is -2.08. The Morgan fingerprint density at radius 2 is 1.37 bits per heavy atom. The highest BCUT2D eigenvalue weighted by molar-refractivity contribution is 5.91. The number of rotatable bonds is 7. The van der Waals surface area contributed by atoms with Crippen molar-refractivity contribution in [3.05, 3.63) is 89.5 Å². The van der Waals surface area contributed by atoms with Gasteiger partial charge in [0.15, 0.2) is 0 Å². The molecule has 0 aromatic heterocycles. The molecule has 27 heavy (non-hydrogen) atoms. The molecule has 2 heteroatoms. The predicted octanol–water partition coefficient (Wildman–Crippen LogP) is 6.61. The fourth-order valence-electron chi connectivity index (χ4n) is 3.01. The third-order valence-corrected chi connectivity index (χ3v) is 4.71. The first-order chi connectivity index (χ1) is 13.2. The summed E-state index contributed by atoms with van der Waals surface area (Å²) in [5.41, 5.74) is 5.34. The fourth-order valence-corrected chi connectivity index (χ4v) is 3.01. The van der Waals surface area contributed by atoms with Crippen LogP contribution in [0.2, 0.25) is 0 Å². The van der Waals surface area contributed by atoms with Crippen molar-refractivity contribution < 1.29 is 9.53 Å². The number of aryl methyl sites for hydroxylation is 2. The van der Waals surface area contributed by atoms with Gasteiger partial charge in [-0.2, -0.15) is 0 Å². The van der Waals surface area contributed by atoms with E-state index in [2.05, 4.69) is 38.1 Å². The molecule has 0 saturated carbocycles. The van der Waals surface area contributed by atoms with Crippen molar-refractivity contribution in [2.45, 2.75) is 39.5 Å². The lowest BCUT2D eigenvalue weighted by atomic mass is 10.0. The van der Waals surface area contributed by atoms with Gasteiger partial charge in [0.1, 0.15) is 5.75 Å². The summed E-state index contributed by atoms with van der Waals surface area (Å²) >= 11 is 0. The zero-order valence-corrected chi connectivity index (χ0v) is 16.1. The first-order valence-electron chi connectivity index (χ1n) is 9.64. The topological polar surface area (TPSA) is 26.3 Å². The van der Waals surface area contributed by atoms with Crippen LogP contribution in [0, 0.1) is 6.92 Å². The summed E-state index contributed by atoms with van der Waals surface area (Å²) in [4.78, 5) is 12.4. The van der Waals surface area contributed by atoms with Crippen LogP contribution in [0.4, 0.5) is 0 Å². The van der Waals surface area contributed by atoms with Crippen LogP contribution in [0.15, 0.2) is 72.8 Å². The average Bonchev–Trinajstić information content (AvgIpc) is 2.70. The van der Waals surface area contributed by atoms with Crippen molar-refractivity contribution in [1.29, 1.82) is 0 Å². The summed E-state index contributed by atoms with van der Waals surface area (Å²) in [7, 11) is 0. The highest BCUT2D eigenvalue weighted by Gasteiger charge is 2.09. The van der Waals surface area contributed by atoms with E-state index >= 15 is 0 Å². The van der Waals surface area contributed by atoms with Gasteiger partial charge in [0.25, 0.3) is 0 Å². The third-order valence-electron chi connectivity index (χ3n) is 4.71. The fraction of sp³-hybridized carbons (Fsp3) is 0.240. The van der Waals surface area contributed by atoms with Gasteiger partial charge in [0.05, 0.1) is 5.56 Å². The molecule has 0 unspecified atom stereocenters. The molecule has 0 aliphatic rings. The second kappa shape index (κ2) is 9.18. The second-order valence-electron chi connectivity index (χ2n) is 6.93. The molecule has 0 bridgehead atoms. The van der Waals surface area contributed by atoms with E-state index in [1.54, 1.807) is 0 Å². The third kappa shape index (κ3) is 5.30. The van der Waals surface area contributed by atoms with Crippen molar-refractivity contribution in [3.8, 4) is 16.9 Å². The van der Waals surface area contributed by atoms with Crippen molar-refractivity contribution in [1.82, 2.24) is 0 Å². The Kier molecular flexibility index (Phi) is 6.43. The predicted molar refractivity (Wildman–Crippen MR) is 111 cm³/mol. The summed E-state index contributed by atoms with van der Waals surface area (Å²) in [6, 6.07) is 23.8. The van der Waals surface area contributed by atoms with E-state index in [4.69, 9.17) is 4.74 Å². The van der Waals surface area contributed by atoms with E-state index in [-0.39, 0.29) is 5.97 Å². The summed E-state index contributed by atoms with van der Waals surface area (Å²) < 4.78 is 5.51. The minimum absolute atomic E-state index is 0.321. The summed E-state index contributed by atoms with van der Waals surface area (Å²) in [6.07, 6.45) is 4.70. The van der Waals surface area contributed by atoms with Crippen LogP contribution < -0.4 is 4.74 Å². The van der Waals surface area contributed by atoms with Crippen LogP contribution in [0.3, 0.4) is 0 Å². The molecule has 0 aliphatic carbocycles. The maximum absolute atomic E-state index is 12.4. The highest BCUT2D eigenvalue weighted by atomic mass is 16.5. The zero-order valence-electron chi connectivity index (χ0n) is 16.1. The number of carbonyl (C=O) groups excluding carboxylic acids is 1. The van der Waals surface area contributed by atoms with E-state index in [0.717, 1.165) is 17.5 Å². The van der Waals surface area contributed by atoms with Gasteiger partial charge in [0.2, 0.25) is 0 Å². The molecule has 0 spiro atoms. The number of benzene rings is 3. The Labute approximate surface area is 161 Å². The van der Waals surface area contributed by atoms with Crippen LogP contribution in [-0.4, -0.2) is 5.97 Å². The molecule has 0 amide bonds. The van der Waals surface area contributed by atoms with Gasteiger partial charge in [-0.25, -0.2) is 4.79 Å². The van der Waals surface area contributed by atoms with E-state index in [1.807, 2.05) is 48.5 Å². The highest BCUT2D eigenvalue weighted by Crippen LogP contribution is 2.23. The first-order valence-corrected chi connectivity index (χ1v) is 9.64. The minimum Gasteiger partial charge on any atom is -0.423 e. The van der Waals surface area contributed by atoms with Crippen molar-refractivity contribution in [3.63, 3.8) is 0 Å². The molecule has 0 heterocycles. The van der Waals surface area contributed by atoms with Crippen LogP contribution in [-0.2, 0) is 6.42 Å². The summed E-state index contributed by atoms with van der Waals surface area (Å²) in [5, 5.41) is 0. The molecule has 3 rings (SSSR count).